The molecule has 0 saturated heterocycles. The lowest BCUT2D eigenvalue weighted by Gasteiger charge is -2.17. The van der Waals surface area contributed by atoms with Crippen LogP contribution in [-0.4, -0.2) is 29.0 Å². The summed E-state index contributed by atoms with van der Waals surface area (Å²) in [6.07, 6.45) is 4.87. The minimum atomic E-state index is 0.321. The zero-order chi connectivity index (χ0) is 15.4. The van der Waals surface area contributed by atoms with Crippen molar-refractivity contribution in [1.82, 2.24) is 15.1 Å². The second kappa shape index (κ2) is 6.83. The van der Waals surface area contributed by atoms with Gasteiger partial charge in [-0.2, -0.15) is 5.10 Å². The smallest absolute Gasteiger partial charge is 0.165 e. The lowest BCUT2D eigenvalue weighted by molar-refractivity contribution is 0.295. The van der Waals surface area contributed by atoms with E-state index in [1.165, 1.54) is 5.56 Å². The lowest BCUT2D eigenvalue weighted by atomic mass is 10.1. The van der Waals surface area contributed by atoms with Crippen LogP contribution in [-0.2, 0) is 13.1 Å². The topological polar surface area (TPSA) is 48.3 Å². The molecule has 0 spiro atoms. The van der Waals surface area contributed by atoms with E-state index in [4.69, 9.17) is 9.47 Å². The highest BCUT2D eigenvalue weighted by Crippen LogP contribution is 2.33. The molecule has 0 unspecified atom stereocenters. The van der Waals surface area contributed by atoms with E-state index in [-0.39, 0.29) is 0 Å². The largest absolute Gasteiger partial charge is 0.490 e. The molecule has 0 aliphatic carbocycles. The molecule has 0 amide bonds. The van der Waals surface area contributed by atoms with E-state index in [2.05, 4.69) is 36.5 Å². The molecule has 118 valence electrons. The van der Waals surface area contributed by atoms with Crippen LogP contribution in [0.5, 0.6) is 11.5 Å². The first kappa shape index (κ1) is 14.9. The number of hydrogen-bond donors (Lipinski definition) is 1. The van der Waals surface area contributed by atoms with Crippen LogP contribution in [0.25, 0.3) is 0 Å². The van der Waals surface area contributed by atoms with Gasteiger partial charge in [0.1, 0.15) is 0 Å². The van der Waals surface area contributed by atoms with Crippen molar-refractivity contribution in [3.05, 3.63) is 41.7 Å². The average Bonchev–Trinajstić information content (AvgIpc) is 2.76. The Hall–Kier alpha value is -2.01. The molecule has 1 aliphatic rings. The first-order valence-corrected chi connectivity index (χ1v) is 7.82. The quantitative estimate of drug-likeness (QED) is 0.922. The van der Waals surface area contributed by atoms with Crippen molar-refractivity contribution in [2.75, 3.05) is 13.2 Å². The van der Waals surface area contributed by atoms with Crippen LogP contribution in [0.3, 0.4) is 0 Å². The van der Waals surface area contributed by atoms with Crippen LogP contribution in [0.4, 0.5) is 0 Å². The average molecular weight is 301 g/mol. The van der Waals surface area contributed by atoms with E-state index in [0.717, 1.165) is 43.2 Å². The van der Waals surface area contributed by atoms with Crippen LogP contribution in [0, 0.1) is 6.92 Å². The molecule has 0 bridgehead atoms. The second-order valence-electron chi connectivity index (χ2n) is 5.82. The molecule has 1 aromatic carbocycles. The van der Waals surface area contributed by atoms with E-state index >= 15 is 0 Å². The summed E-state index contributed by atoms with van der Waals surface area (Å²) in [5.74, 6) is 1.74. The Kier molecular flexibility index (Phi) is 4.63. The highest BCUT2D eigenvalue weighted by Gasteiger charge is 2.14. The third-order valence-electron chi connectivity index (χ3n) is 3.72. The molecule has 1 N–H and O–H groups in total. The van der Waals surface area contributed by atoms with E-state index in [1.807, 2.05) is 23.0 Å². The van der Waals surface area contributed by atoms with Crippen molar-refractivity contribution < 1.29 is 9.47 Å². The minimum absolute atomic E-state index is 0.321. The Morgan fingerprint density at radius 2 is 2.18 bits per heavy atom. The Bertz CT molecular complexity index is 624. The van der Waals surface area contributed by atoms with Gasteiger partial charge in [0.2, 0.25) is 0 Å². The Balaban J connectivity index is 1.61. The van der Waals surface area contributed by atoms with Gasteiger partial charge in [0.25, 0.3) is 0 Å². The molecular formula is C17H23N3O2. The molecule has 5 heteroatoms. The van der Waals surface area contributed by atoms with Gasteiger partial charge in [-0.25, -0.2) is 0 Å². The highest BCUT2D eigenvalue weighted by atomic mass is 16.5. The molecule has 0 fully saturated rings. The molecule has 1 aliphatic heterocycles. The van der Waals surface area contributed by atoms with Crippen molar-refractivity contribution in [1.29, 1.82) is 0 Å². The molecule has 3 rings (SSSR count). The molecule has 0 saturated carbocycles. The number of fused-ring (bicyclic) bond motifs is 1. The molecule has 0 radical (unpaired) electrons. The van der Waals surface area contributed by atoms with Gasteiger partial charge in [0, 0.05) is 30.8 Å². The fourth-order valence-corrected chi connectivity index (χ4v) is 2.59. The summed E-state index contributed by atoms with van der Waals surface area (Å²) in [7, 11) is 0. The third-order valence-corrected chi connectivity index (χ3v) is 3.72. The maximum atomic E-state index is 5.85. The molecule has 2 aromatic rings. The van der Waals surface area contributed by atoms with Gasteiger partial charge in [-0.05, 0) is 25.5 Å². The van der Waals surface area contributed by atoms with E-state index in [1.54, 1.807) is 0 Å². The fourth-order valence-electron chi connectivity index (χ4n) is 2.59. The van der Waals surface area contributed by atoms with Gasteiger partial charge in [-0.3, -0.25) is 4.68 Å². The predicted octanol–water partition coefficient (Wildman–Crippen LogP) is 2.53. The number of nitrogens with one attached hydrogen (secondary N) is 1. The van der Waals surface area contributed by atoms with Crippen molar-refractivity contribution in [2.24, 2.45) is 0 Å². The number of para-hydroxylation sites is 1. The number of aryl methyl sites for hydroxylation is 1. The summed E-state index contributed by atoms with van der Waals surface area (Å²) in [4.78, 5) is 0. The molecule has 1 aromatic heterocycles. The zero-order valence-electron chi connectivity index (χ0n) is 13.2. The van der Waals surface area contributed by atoms with Crippen molar-refractivity contribution in [3.8, 4) is 11.5 Å². The zero-order valence-corrected chi connectivity index (χ0v) is 13.2. The van der Waals surface area contributed by atoms with Crippen molar-refractivity contribution >= 4 is 0 Å². The van der Waals surface area contributed by atoms with Gasteiger partial charge in [-0.1, -0.05) is 12.1 Å². The first-order chi connectivity index (χ1) is 10.7. The maximum absolute atomic E-state index is 5.85. The summed E-state index contributed by atoms with van der Waals surface area (Å²) < 4.78 is 13.5. The Labute approximate surface area is 131 Å². The Morgan fingerprint density at radius 1 is 1.32 bits per heavy atom. The predicted molar refractivity (Wildman–Crippen MR) is 85.3 cm³/mol. The second-order valence-corrected chi connectivity index (χ2v) is 5.82. The highest BCUT2D eigenvalue weighted by molar-refractivity contribution is 5.47. The van der Waals surface area contributed by atoms with Crippen molar-refractivity contribution in [2.45, 2.75) is 39.4 Å². The van der Waals surface area contributed by atoms with Crippen LogP contribution in [0.2, 0.25) is 0 Å². The molecule has 22 heavy (non-hydrogen) atoms. The van der Waals surface area contributed by atoms with Gasteiger partial charge >= 0.3 is 0 Å². The molecule has 2 heterocycles. The lowest BCUT2D eigenvalue weighted by Crippen LogP contribution is -2.30. The van der Waals surface area contributed by atoms with Crippen LogP contribution in [0.1, 0.15) is 24.5 Å². The number of benzene rings is 1. The van der Waals surface area contributed by atoms with E-state index < -0.39 is 0 Å². The molecular weight excluding hydrogens is 278 g/mol. The fraction of sp³-hybridized carbons (Fsp3) is 0.471. The van der Waals surface area contributed by atoms with E-state index in [0.29, 0.717) is 12.6 Å². The van der Waals surface area contributed by atoms with Gasteiger partial charge < -0.3 is 14.8 Å². The standard InChI is InChI=1S/C17H23N3O2/c1-13-9-19-20(11-13)12-14(2)18-10-15-5-3-6-16-17(15)22-8-4-7-21-16/h3,5-6,9,11,14,18H,4,7-8,10,12H2,1-2H3/t14-/m1/s1. The van der Waals surface area contributed by atoms with Crippen molar-refractivity contribution in [3.63, 3.8) is 0 Å². The summed E-state index contributed by atoms with van der Waals surface area (Å²) in [6.45, 7) is 7.26. The number of ether oxygens (including phenoxy) is 2. The Morgan fingerprint density at radius 3 is 3.00 bits per heavy atom. The normalized spacial score (nSPS) is 15.4. The van der Waals surface area contributed by atoms with Gasteiger partial charge in [-0.15, -0.1) is 0 Å². The van der Waals surface area contributed by atoms with Gasteiger partial charge in [0.05, 0.1) is 26.0 Å². The minimum Gasteiger partial charge on any atom is -0.490 e. The summed E-state index contributed by atoms with van der Waals surface area (Å²) in [5, 5.41) is 7.86. The number of rotatable bonds is 5. The summed E-state index contributed by atoms with van der Waals surface area (Å²) in [6, 6.07) is 6.40. The SMILES string of the molecule is Cc1cnn(C[C@@H](C)NCc2cccc3c2OCCCO3)c1. The summed E-state index contributed by atoms with van der Waals surface area (Å²) >= 11 is 0. The molecule has 1 atom stereocenters. The molecule has 5 nitrogen and oxygen atoms in total. The van der Waals surface area contributed by atoms with Crippen LogP contribution in [0.15, 0.2) is 30.6 Å². The third kappa shape index (κ3) is 3.60. The van der Waals surface area contributed by atoms with Crippen LogP contribution >= 0.6 is 0 Å². The first-order valence-electron chi connectivity index (χ1n) is 7.82. The number of hydrogen-bond acceptors (Lipinski definition) is 4. The summed E-state index contributed by atoms with van der Waals surface area (Å²) in [5.41, 5.74) is 2.33. The number of aromatic nitrogens is 2. The maximum Gasteiger partial charge on any atom is 0.165 e. The van der Waals surface area contributed by atoms with E-state index in [9.17, 15) is 0 Å². The monoisotopic (exact) mass is 301 g/mol. The van der Waals surface area contributed by atoms with Crippen LogP contribution < -0.4 is 14.8 Å². The number of nitrogens with zero attached hydrogens (tertiary/aromatic N) is 2. The van der Waals surface area contributed by atoms with Gasteiger partial charge in [0.15, 0.2) is 11.5 Å².